The van der Waals surface area contributed by atoms with Crippen LogP contribution in [0, 0.1) is 0 Å². The van der Waals surface area contributed by atoms with Crippen LogP contribution in [0.2, 0.25) is 0 Å². The Kier molecular flexibility index (Phi) is 5.70. The molecule has 1 aromatic carbocycles. The largest absolute Gasteiger partial charge is 0.343 e. The molecule has 1 atom stereocenters. The van der Waals surface area contributed by atoms with E-state index in [1.54, 1.807) is 0 Å². The van der Waals surface area contributed by atoms with Crippen LogP contribution < -0.4 is 5.73 Å². The summed E-state index contributed by atoms with van der Waals surface area (Å²) in [6, 6.07) is 10.0. The van der Waals surface area contributed by atoms with Gasteiger partial charge in [0.15, 0.2) is 0 Å². The van der Waals surface area contributed by atoms with E-state index >= 15 is 0 Å². The van der Waals surface area contributed by atoms with Crippen LogP contribution in [0.5, 0.6) is 0 Å². The SMILES string of the molecule is CCN(CC)C(=O)CC(CN)c1ccccc1. The summed E-state index contributed by atoms with van der Waals surface area (Å²) in [5, 5.41) is 0. The summed E-state index contributed by atoms with van der Waals surface area (Å²) in [6.07, 6.45) is 0.502. The summed E-state index contributed by atoms with van der Waals surface area (Å²) in [4.78, 5) is 13.9. The number of carbonyl (C=O) groups excluding carboxylic acids is 1. The van der Waals surface area contributed by atoms with Gasteiger partial charge in [0.25, 0.3) is 0 Å². The van der Waals surface area contributed by atoms with Crippen molar-refractivity contribution in [1.82, 2.24) is 4.90 Å². The van der Waals surface area contributed by atoms with Gasteiger partial charge in [-0.05, 0) is 26.0 Å². The molecule has 0 saturated carbocycles. The molecule has 17 heavy (non-hydrogen) atoms. The van der Waals surface area contributed by atoms with Crippen LogP contribution in [0.25, 0.3) is 0 Å². The first-order valence-electron chi connectivity index (χ1n) is 6.25. The molecule has 1 amide bonds. The topological polar surface area (TPSA) is 46.3 Å². The first-order chi connectivity index (χ1) is 8.22. The van der Waals surface area contributed by atoms with Gasteiger partial charge in [-0.15, -0.1) is 0 Å². The molecular formula is C14H22N2O. The Labute approximate surface area is 104 Å². The smallest absolute Gasteiger partial charge is 0.223 e. The molecule has 0 bridgehead atoms. The second-order valence-electron chi connectivity index (χ2n) is 4.11. The van der Waals surface area contributed by atoms with Crippen LogP contribution in [-0.4, -0.2) is 30.4 Å². The summed E-state index contributed by atoms with van der Waals surface area (Å²) >= 11 is 0. The predicted molar refractivity (Wildman–Crippen MR) is 70.8 cm³/mol. The second kappa shape index (κ2) is 7.07. The zero-order valence-corrected chi connectivity index (χ0v) is 10.7. The first-order valence-corrected chi connectivity index (χ1v) is 6.25. The minimum atomic E-state index is 0.129. The molecule has 94 valence electrons. The Hall–Kier alpha value is -1.35. The van der Waals surface area contributed by atoms with E-state index in [4.69, 9.17) is 5.73 Å². The quantitative estimate of drug-likeness (QED) is 0.818. The Morgan fingerprint density at radius 1 is 1.24 bits per heavy atom. The molecule has 1 rings (SSSR count). The highest BCUT2D eigenvalue weighted by Gasteiger charge is 2.17. The maximum atomic E-state index is 12.0. The molecule has 0 fully saturated rings. The molecular weight excluding hydrogens is 212 g/mol. The van der Waals surface area contributed by atoms with E-state index in [2.05, 4.69) is 0 Å². The minimum absolute atomic E-state index is 0.129. The summed E-state index contributed by atoms with van der Waals surface area (Å²) in [5.74, 6) is 0.318. The molecule has 2 N–H and O–H groups in total. The highest BCUT2D eigenvalue weighted by atomic mass is 16.2. The summed E-state index contributed by atoms with van der Waals surface area (Å²) < 4.78 is 0. The van der Waals surface area contributed by atoms with E-state index in [-0.39, 0.29) is 11.8 Å². The van der Waals surface area contributed by atoms with Crippen LogP contribution in [0.4, 0.5) is 0 Å². The average Bonchev–Trinajstić information content (AvgIpc) is 2.38. The highest BCUT2D eigenvalue weighted by molar-refractivity contribution is 5.77. The molecule has 0 aliphatic heterocycles. The Morgan fingerprint density at radius 3 is 2.29 bits per heavy atom. The molecule has 0 spiro atoms. The standard InChI is InChI=1S/C14H22N2O/c1-3-16(4-2)14(17)10-13(11-15)12-8-6-5-7-9-12/h5-9,13H,3-4,10-11,15H2,1-2H3. The second-order valence-corrected chi connectivity index (χ2v) is 4.11. The van der Waals surface area contributed by atoms with Crippen LogP contribution in [-0.2, 0) is 4.79 Å². The molecule has 0 heterocycles. The number of hydrogen-bond donors (Lipinski definition) is 1. The molecule has 0 aliphatic rings. The zero-order chi connectivity index (χ0) is 12.7. The third-order valence-electron chi connectivity index (χ3n) is 3.09. The van der Waals surface area contributed by atoms with Gasteiger partial charge in [0.2, 0.25) is 5.91 Å². The maximum absolute atomic E-state index is 12.0. The van der Waals surface area contributed by atoms with Gasteiger partial charge >= 0.3 is 0 Å². The third kappa shape index (κ3) is 3.86. The molecule has 0 aliphatic carbocycles. The van der Waals surface area contributed by atoms with Crippen LogP contribution in [0.1, 0.15) is 31.7 Å². The average molecular weight is 234 g/mol. The molecule has 0 aromatic heterocycles. The fraction of sp³-hybridized carbons (Fsp3) is 0.500. The van der Waals surface area contributed by atoms with Gasteiger partial charge in [0, 0.05) is 25.4 Å². The minimum Gasteiger partial charge on any atom is -0.343 e. The van der Waals surface area contributed by atoms with Crippen molar-refractivity contribution in [3.05, 3.63) is 35.9 Å². The Bertz CT molecular complexity index is 333. The lowest BCUT2D eigenvalue weighted by atomic mass is 9.95. The normalized spacial score (nSPS) is 12.2. The van der Waals surface area contributed by atoms with E-state index in [0.717, 1.165) is 18.7 Å². The molecule has 1 aromatic rings. The number of amides is 1. The van der Waals surface area contributed by atoms with Gasteiger partial charge in [-0.2, -0.15) is 0 Å². The van der Waals surface area contributed by atoms with Crippen molar-refractivity contribution < 1.29 is 4.79 Å². The van der Waals surface area contributed by atoms with Crippen molar-refractivity contribution in [2.45, 2.75) is 26.2 Å². The number of carbonyl (C=O) groups is 1. The van der Waals surface area contributed by atoms with Crippen molar-refractivity contribution in [2.24, 2.45) is 5.73 Å². The monoisotopic (exact) mass is 234 g/mol. The molecule has 3 heteroatoms. The fourth-order valence-corrected chi connectivity index (χ4v) is 1.98. The number of rotatable bonds is 6. The van der Waals surface area contributed by atoms with Gasteiger partial charge < -0.3 is 10.6 Å². The van der Waals surface area contributed by atoms with Crippen LogP contribution in [0.3, 0.4) is 0 Å². The molecule has 0 saturated heterocycles. The van der Waals surface area contributed by atoms with E-state index in [1.807, 2.05) is 49.1 Å². The number of nitrogens with zero attached hydrogens (tertiary/aromatic N) is 1. The Morgan fingerprint density at radius 2 is 1.82 bits per heavy atom. The van der Waals surface area contributed by atoms with Crippen LogP contribution >= 0.6 is 0 Å². The van der Waals surface area contributed by atoms with Crippen molar-refractivity contribution in [3.63, 3.8) is 0 Å². The van der Waals surface area contributed by atoms with Crippen molar-refractivity contribution >= 4 is 5.91 Å². The predicted octanol–water partition coefficient (Wildman–Crippen LogP) is 1.99. The summed E-state index contributed by atoms with van der Waals surface area (Å²) in [6.45, 7) is 6.04. The molecule has 0 radical (unpaired) electrons. The van der Waals surface area contributed by atoms with E-state index in [1.165, 1.54) is 0 Å². The van der Waals surface area contributed by atoms with Crippen molar-refractivity contribution in [2.75, 3.05) is 19.6 Å². The number of nitrogens with two attached hydrogens (primary N) is 1. The third-order valence-corrected chi connectivity index (χ3v) is 3.09. The first kappa shape index (κ1) is 13.7. The highest BCUT2D eigenvalue weighted by Crippen LogP contribution is 2.19. The number of benzene rings is 1. The number of hydrogen-bond acceptors (Lipinski definition) is 2. The molecule has 3 nitrogen and oxygen atoms in total. The van der Waals surface area contributed by atoms with Crippen molar-refractivity contribution in [1.29, 1.82) is 0 Å². The van der Waals surface area contributed by atoms with Gasteiger partial charge in [0.05, 0.1) is 0 Å². The van der Waals surface area contributed by atoms with E-state index < -0.39 is 0 Å². The maximum Gasteiger partial charge on any atom is 0.223 e. The van der Waals surface area contributed by atoms with Crippen molar-refractivity contribution in [3.8, 4) is 0 Å². The molecule has 1 unspecified atom stereocenters. The summed E-state index contributed by atoms with van der Waals surface area (Å²) in [5.41, 5.74) is 6.91. The van der Waals surface area contributed by atoms with E-state index in [0.29, 0.717) is 13.0 Å². The van der Waals surface area contributed by atoms with Crippen LogP contribution in [0.15, 0.2) is 30.3 Å². The fourth-order valence-electron chi connectivity index (χ4n) is 1.98. The van der Waals surface area contributed by atoms with Gasteiger partial charge in [-0.3, -0.25) is 4.79 Å². The lowest BCUT2D eigenvalue weighted by Gasteiger charge is -2.22. The lowest BCUT2D eigenvalue weighted by molar-refractivity contribution is -0.131. The van der Waals surface area contributed by atoms with E-state index in [9.17, 15) is 4.79 Å². The lowest BCUT2D eigenvalue weighted by Crippen LogP contribution is -2.32. The van der Waals surface area contributed by atoms with Gasteiger partial charge in [-0.25, -0.2) is 0 Å². The summed E-state index contributed by atoms with van der Waals surface area (Å²) in [7, 11) is 0. The van der Waals surface area contributed by atoms with Gasteiger partial charge in [0.1, 0.15) is 0 Å². The zero-order valence-electron chi connectivity index (χ0n) is 10.7. The van der Waals surface area contributed by atoms with Gasteiger partial charge in [-0.1, -0.05) is 30.3 Å². The Balaban J connectivity index is 2.68.